The van der Waals surface area contributed by atoms with E-state index in [0.29, 0.717) is 37.9 Å². The molecule has 0 aliphatic heterocycles. The van der Waals surface area contributed by atoms with Gasteiger partial charge in [-0.15, -0.1) is 11.3 Å². The maximum atomic E-state index is 12.6. The summed E-state index contributed by atoms with van der Waals surface area (Å²) in [6, 6.07) is 8.29. The van der Waals surface area contributed by atoms with Gasteiger partial charge in [-0.25, -0.2) is 0 Å². The predicted molar refractivity (Wildman–Crippen MR) is 132 cm³/mol. The van der Waals surface area contributed by atoms with Crippen molar-refractivity contribution in [2.45, 2.75) is 26.2 Å². The molecule has 0 radical (unpaired) electrons. The quantitative estimate of drug-likeness (QED) is 0.395. The molecule has 32 heavy (non-hydrogen) atoms. The van der Waals surface area contributed by atoms with E-state index in [1.807, 2.05) is 0 Å². The average Bonchev–Trinajstić information content (AvgIpc) is 3.34. The third kappa shape index (κ3) is 4.54. The highest BCUT2D eigenvalue weighted by Gasteiger charge is 2.27. The van der Waals surface area contributed by atoms with Gasteiger partial charge in [0.05, 0.1) is 15.6 Å². The predicted octanol–water partition coefficient (Wildman–Crippen LogP) is 5.67. The lowest BCUT2D eigenvalue weighted by atomic mass is 9.88. The molecule has 3 aromatic rings. The summed E-state index contributed by atoms with van der Waals surface area (Å²) in [7, 11) is 0. The fraction of sp³-hybridized carbons (Fsp3) is 0.227. The molecule has 1 unspecified atom stereocenters. The van der Waals surface area contributed by atoms with E-state index in [1.54, 1.807) is 24.3 Å². The van der Waals surface area contributed by atoms with Gasteiger partial charge in [-0.3, -0.25) is 14.9 Å². The third-order valence-corrected chi connectivity index (χ3v) is 7.45. The van der Waals surface area contributed by atoms with E-state index in [9.17, 15) is 9.59 Å². The molecular formula is C22H19Cl2N3O3S2. The molecule has 0 spiro atoms. The van der Waals surface area contributed by atoms with Crippen molar-refractivity contribution in [2.24, 2.45) is 11.7 Å². The number of halogens is 2. The minimum atomic E-state index is -0.539. The van der Waals surface area contributed by atoms with Crippen molar-refractivity contribution < 1.29 is 14.0 Å². The number of hydrogen-bond donors (Lipinski definition) is 3. The highest BCUT2D eigenvalue weighted by molar-refractivity contribution is 7.80. The molecule has 2 aromatic heterocycles. The summed E-state index contributed by atoms with van der Waals surface area (Å²) in [6.45, 7) is 2.18. The van der Waals surface area contributed by atoms with Gasteiger partial charge in [-0.05, 0) is 67.2 Å². The largest absolute Gasteiger partial charge is 0.451 e. The van der Waals surface area contributed by atoms with Gasteiger partial charge in [0.25, 0.3) is 11.8 Å². The summed E-state index contributed by atoms with van der Waals surface area (Å²) in [5.41, 5.74) is 7.63. The standard InChI is InChI=1S/C22H19Cl2N3O3S2/c1-10-5-6-12-16(9-10)32-21(17(12)19(25)28)27-22(31)26-20(29)15-8-7-14(30-15)11-3-2-4-13(23)18(11)24/h2-4,7-8,10H,5-6,9H2,1H3,(H2,25,28)(H2,26,27,29,31). The molecule has 166 valence electrons. The van der Waals surface area contributed by atoms with Gasteiger partial charge < -0.3 is 15.5 Å². The second kappa shape index (κ2) is 9.23. The van der Waals surface area contributed by atoms with Gasteiger partial charge in [0, 0.05) is 10.4 Å². The maximum absolute atomic E-state index is 12.6. The lowest BCUT2D eigenvalue weighted by Gasteiger charge is -2.18. The van der Waals surface area contributed by atoms with Crippen molar-refractivity contribution in [3.63, 3.8) is 0 Å². The van der Waals surface area contributed by atoms with Crippen LogP contribution in [0.5, 0.6) is 0 Å². The number of nitrogens with two attached hydrogens (primary N) is 1. The molecule has 2 heterocycles. The molecule has 0 saturated heterocycles. The number of benzene rings is 1. The van der Waals surface area contributed by atoms with Crippen molar-refractivity contribution in [1.82, 2.24) is 5.32 Å². The topological polar surface area (TPSA) is 97.4 Å². The van der Waals surface area contributed by atoms with E-state index >= 15 is 0 Å². The molecule has 1 atom stereocenters. The van der Waals surface area contributed by atoms with Crippen LogP contribution in [0.2, 0.25) is 10.0 Å². The lowest BCUT2D eigenvalue weighted by molar-refractivity contribution is 0.0950. The van der Waals surface area contributed by atoms with E-state index in [2.05, 4.69) is 17.6 Å². The molecule has 2 amide bonds. The normalized spacial score (nSPS) is 15.2. The molecule has 4 N–H and O–H groups in total. The molecule has 0 bridgehead atoms. The monoisotopic (exact) mass is 507 g/mol. The van der Waals surface area contributed by atoms with Crippen LogP contribution < -0.4 is 16.4 Å². The highest BCUT2D eigenvalue weighted by Crippen LogP contribution is 2.39. The van der Waals surface area contributed by atoms with Crippen LogP contribution in [0.15, 0.2) is 34.7 Å². The Morgan fingerprint density at radius 3 is 2.78 bits per heavy atom. The summed E-state index contributed by atoms with van der Waals surface area (Å²) < 4.78 is 5.64. The smallest absolute Gasteiger partial charge is 0.293 e. The van der Waals surface area contributed by atoms with Gasteiger partial charge in [0.2, 0.25) is 0 Å². The Morgan fingerprint density at radius 1 is 1.25 bits per heavy atom. The van der Waals surface area contributed by atoms with E-state index < -0.39 is 11.8 Å². The Labute approximate surface area is 204 Å². The van der Waals surface area contributed by atoms with Crippen molar-refractivity contribution >= 4 is 68.7 Å². The minimum absolute atomic E-state index is 0.0443. The van der Waals surface area contributed by atoms with E-state index in [0.717, 1.165) is 29.7 Å². The molecule has 10 heteroatoms. The first kappa shape index (κ1) is 22.8. The van der Waals surface area contributed by atoms with Crippen LogP contribution in [0.3, 0.4) is 0 Å². The summed E-state index contributed by atoms with van der Waals surface area (Å²) in [5, 5.41) is 6.84. The number of primary amides is 1. The van der Waals surface area contributed by atoms with Crippen molar-refractivity contribution in [1.29, 1.82) is 0 Å². The number of carbonyl (C=O) groups is 2. The van der Waals surface area contributed by atoms with Gasteiger partial charge in [-0.2, -0.15) is 0 Å². The first-order valence-corrected chi connectivity index (χ1v) is 11.8. The lowest BCUT2D eigenvalue weighted by Crippen LogP contribution is -2.34. The molecule has 1 aliphatic carbocycles. The molecule has 1 aliphatic rings. The van der Waals surface area contributed by atoms with Crippen LogP contribution >= 0.6 is 46.8 Å². The number of amides is 2. The molecule has 6 nitrogen and oxygen atoms in total. The first-order valence-electron chi connectivity index (χ1n) is 9.85. The number of nitrogens with one attached hydrogen (secondary N) is 2. The Morgan fingerprint density at radius 2 is 2.03 bits per heavy atom. The van der Waals surface area contributed by atoms with Crippen molar-refractivity contribution in [3.05, 3.63) is 62.1 Å². The highest BCUT2D eigenvalue weighted by atomic mass is 35.5. The molecule has 0 fully saturated rings. The van der Waals surface area contributed by atoms with E-state index in [-0.39, 0.29) is 10.9 Å². The number of carbonyl (C=O) groups excluding carboxylic acids is 2. The zero-order valence-electron chi connectivity index (χ0n) is 17.0. The van der Waals surface area contributed by atoms with Crippen LogP contribution in [0.4, 0.5) is 5.00 Å². The minimum Gasteiger partial charge on any atom is -0.451 e. The van der Waals surface area contributed by atoms with Gasteiger partial charge >= 0.3 is 0 Å². The van der Waals surface area contributed by atoms with Crippen molar-refractivity contribution in [3.8, 4) is 11.3 Å². The molecular weight excluding hydrogens is 489 g/mol. The zero-order valence-corrected chi connectivity index (χ0v) is 20.1. The van der Waals surface area contributed by atoms with Crippen LogP contribution in [0.1, 0.15) is 44.7 Å². The van der Waals surface area contributed by atoms with Crippen molar-refractivity contribution in [2.75, 3.05) is 5.32 Å². The SMILES string of the molecule is CC1CCc2c(sc(NC(=S)NC(=O)c3ccc(-c4cccc(Cl)c4Cl)o3)c2C(N)=O)C1. The third-order valence-electron chi connectivity index (χ3n) is 5.26. The Kier molecular flexibility index (Phi) is 6.57. The Bertz CT molecular complexity index is 1240. The number of furan rings is 1. The number of thiophene rings is 1. The van der Waals surface area contributed by atoms with Gasteiger partial charge in [0.15, 0.2) is 10.9 Å². The maximum Gasteiger partial charge on any atom is 0.293 e. The van der Waals surface area contributed by atoms with Crippen LogP contribution in [-0.4, -0.2) is 16.9 Å². The molecule has 4 rings (SSSR count). The van der Waals surface area contributed by atoms with E-state index in [1.165, 1.54) is 17.4 Å². The number of thiocarbonyl (C=S) groups is 1. The van der Waals surface area contributed by atoms with E-state index in [4.69, 9.17) is 45.6 Å². The Hall–Kier alpha value is -2.39. The summed E-state index contributed by atoms with van der Waals surface area (Å²) in [6.07, 6.45) is 2.69. The Balaban J connectivity index is 1.49. The second-order valence-corrected chi connectivity index (χ2v) is 9.89. The fourth-order valence-corrected chi connectivity index (χ4v) is 5.77. The first-order chi connectivity index (χ1) is 15.2. The molecule has 0 saturated carbocycles. The van der Waals surface area contributed by atoms with Crippen LogP contribution in [-0.2, 0) is 12.8 Å². The molecule has 1 aromatic carbocycles. The average molecular weight is 508 g/mol. The number of anilines is 1. The van der Waals surface area contributed by atoms with Crippen LogP contribution in [0, 0.1) is 5.92 Å². The number of fused-ring (bicyclic) bond motifs is 1. The van der Waals surface area contributed by atoms with Crippen LogP contribution in [0.25, 0.3) is 11.3 Å². The zero-order chi connectivity index (χ0) is 23.0. The summed E-state index contributed by atoms with van der Waals surface area (Å²) in [4.78, 5) is 25.8. The second-order valence-electron chi connectivity index (χ2n) is 7.59. The summed E-state index contributed by atoms with van der Waals surface area (Å²) >= 11 is 19.0. The number of rotatable bonds is 4. The summed E-state index contributed by atoms with van der Waals surface area (Å²) in [5.74, 6) is -0.0556. The van der Waals surface area contributed by atoms with Gasteiger partial charge in [0.1, 0.15) is 10.8 Å². The van der Waals surface area contributed by atoms with Gasteiger partial charge in [-0.1, -0.05) is 36.2 Å². The fourth-order valence-electron chi connectivity index (χ4n) is 3.70. The number of hydrogen-bond acceptors (Lipinski definition) is 5.